The minimum Gasteiger partial charge on any atom is -0.309 e. The molecule has 11 aromatic carbocycles. The highest BCUT2D eigenvalue weighted by atomic mass is 32.1. The van der Waals surface area contributed by atoms with Crippen LogP contribution < -0.4 is 4.90 Å². The van der Waals surface area contributed by atoms with Crippen LogP contribution in [0.2, 0.25) is 0 Å². The third-order valence-electron chi connectivity index (χ3n) is 12.2. The van der Waals surface area contributed by atoms with E-state index in [-0.39, 0.29) is 0 Å². The molecule has 1 heterocycles. The Morgan fingerprint density at radius 1 is 0.267 bits per heavy atom. The van der Waals surface area contributed by atoms with Crippen molar-refractivity contribution in [2.45, 2.75) is 0 Å². The predicted octanol–water partition coefficient (Wildman–Crippen LogP) is 17.1. The number of rotatable bonds is 6. The van der Waals surface area contributed by atoms with Crippen LogP contribution in [0.4, 0.5) is 17.1 Å². The second kappa shape index (κ2) is 14.1. The molecule has 0 unspecified atom stereocenters. The highest BCUT2D eigenvalue weighted by Gasteiger charge is 2.22. The summed E-state index contributed by atoms with van der Waals surface area (Å²) in [7, 11) is 0. The van der Waals surface area contributed by atoms with E-state index in [1.165, 1.54) is 96.6 Å². The van der Waals surface area contributed by atoms with Crippen LogP contribution in [0.25, 0.3) is 96.6 Å². The molecule has 1 nitrogen and oxygen atoms in total. The monoisotopic (exact) mass is 779 g/mol. The molecule has 2 heteroatoms. The third kappa shape index (κ3) is 5.76. The van der Waals surface area contributed by atoms with E-state index in [1.807, 2.05) is 11.3 Å². The lowest BCUT2D eigenvalue weighted by Gasteiger charge is -2.30. The smallest absolute Gasteiger partial charge is 0.0546 e. The fraction of sp³-hybridized carbons (Fsp3) is 0. The zero-order valence-corrected chi connectivity index (χ0v) is 33.5. The van der Waals surface area contributed by atoms with E-state index in [2.05, 4.69) is 229 Å². The highest BCUT2D eigenvalue weighted by Crippen LogP contribution is 2.48. The van der Waals surface area contributed by atoms with Crippen LogP contribution in [-0.2, 0) is 0 Å². The first-order valence-corrected chi connectivity index (χ1v) is 21.4. The standard InChI is InChI=1S/C58H37NS/c1-2-14-38(15-3-1)39-26-28-40(29-27-39)48-21-12-13-25-55(48)59(46-30-31-57-54(37-46)53-33-41-16-4-5-17-42(41)36-58(53)60-57)56-35-45(32-43-18-7-9-22-49(43)56)52-34-44-19-6-8-20-47(44)50-23-10-11-24-51(50)52/h1-37H. The van der Waals surface area contributed by atoms with Crippen molar-refractivity contribution in [2.24, 2.45) is 0 Å². The Morgan fingerprint density at radius 3 is 1.65 bits per heavy atom. The van der Waals surface area contributed by atoms with Gasteiger partial charge < -0.3 is 4.90 Å². The SMILES string of the molecule is c1ccc(-c2ccc(-c3ccccc3N(c3ccc4sc5cc6ccccc6cc5c4c3)c3cc(-c4cc5ccccc5c5ccccc45)cc4ccccc34)cc2)cc1. The molecule has 0 radical (unpaired) electrons. The average Bonchev–Trinajstić information content (AvgIpc) is 3.67. The van der Waals surface area contributed by atoms with E-state index in [0.29, 0.717) is 0 Å². The summed E-state index contributed by atoms with van der Waals surface area (Å²) < 4.78 is 2.59. The maximum absolute atomic E-state index is 2.51. The number of nitrogens with zero attached hydrogens (tertiary/aromatic N) is 1. The summed E-state index contributed by atoms with van der Waals surface area (Å²) >= 11 is 1.87. The van der Waals surface area contributed by atoms with Gasteiger partial charge in [0.05, 0.1) is 11.4 Å². The minimum atomic E-state index is 1.12. The van der Waals surface area contributed by atoms with Gasteiger partial charge >= 0.3 is 0 Å². The molecule has 0 saturated carbocycles. The Bertz CT molecular complexity index is 3600. The van der Waals surface area contributed by atoms with Crippen LogP contribution in [0.5, 0.6) is 0 Å². The summed E-state index contributed by atoms with van der Waals surface area (Å²) in [4.78, 5) is 2.51. The molecule has 0 N–H and O–H groups in total. The molecule has 280 valence electrons. The van der Waals surface area contributed by atoms with Crippen LogP contribution in [0, 0.1) is 0 Å². The number of para-hydroxylation sites is 1. The third-order valence-corrected chi connectivity index (χ3v) is 13.3. The Kier molecular flexibility index (Phi) is 8.11. The van der Waals surface area contributed by atoms with Gasteiger partial charge in [-0.15, -0.1) is 11.3 Å². The van der Waals surface area contributed by atoms with E-state index in [4.69, 9.17) is 0 Å². The zero-order chi connectivity index (χ0) is 39.6. The summed E-state index contributed by atoms with van der Waals surface area (Å²) in [5, 5.41) is 12.5. The summed E-state index contributed by atoms with van der Waals surface area (Å²) in [6.07, 6.45) is 0. The molecule has 0 saturated heterocycles. The molecular formula is C58H37NS. The van der Waals surface area contributed by atoms with Gasteiger partial charge in [0.15, 0.2) is 0 Å². The second-order valence-electron chi connectivity index (χ2n) is 15.7. The molecule has 0 aliphatic carbocycles. The van der Waals surface area contributed by atoms with Crippen molar-refractivity contribution in [1.29, 1.82) is 0 Å². The van der Waals surface area contributed by atoms with Crippen molar-refractivity contribution in [3.8, 4) is 33.4 Å². The molecule has 12 rings (SSSR count). The van der Waals surface area contributed by atoms with Gasteiger partial charge in [-0.05, 0) is 120 Å². The van der Waals surface area contributed by atoms with Crippen molar-refractivity contribution >= 4 is 91.7 Å². The first kappa shape index (κ1) is 34.5. The number of hydrogen-bond acceptors (Lipinski definition) is 2. The van der Waals surface area contributed by atoms with Crippen LogP contribution in [0.15, 0.2) is 224 Å². The minimum absolute atomic E-state index is 1.12. The van der Waals surface area contributed by atoms with Gasteiger partial charge in [-0.25, -0.2) is 0 Å². The van der Waals surface area contributed by atoms with Crippen molar-refractivity contribution in [3.63, 3.8) is 0 Å². The van der Waals surface area contributed by atoms with Crippen LogP contribution in [0.3, 0.4) is 0 Å². The summed E-state index contributed by atoms with van der Waals surface area (Å²) in [5.41, 5.74) is 10.6. The molecule has 0 fully saturated rings. The number of anilines is 3. The number of benzene rings is 11. The van der Waals surface area contributed by atoms with Gasteiger partial charge in [-0.2, -0.15) is 0 Å². The maximum atomic E-state index is 2.51. The van der Waals surface area contributed by atoms with E-state index in [1.54, 1.807) is 0 Å². The summed E-state index contributed by atoms with van der Waals surface area (Å²) in [6, 6.07) is 82.8. The largest absolute Gasteiger partial charge is 0.309 e. The first-order chi connectivity index (χ1) is 29.7. The lowest BCUT2D eigenvalue weighted by atomic mass is 9.91. The Balaban J connectivity index is 1.13. The molecule has 0 aliphatic heterocycles. The van der Waals surface area contributed by atoms with E-state index >= 15 is 0 Å². The average molecular weight is 780 g/mol. The predicted molar refractivity (Wildman–Crippen MR) is 260 cm³/mol. The number of fused-ring (bicyclic) bond motifs is 8. The van der Waals surface area contributed by atoms with Crippen molar-refractivity contribution < 1.29 is 0 Å². The van der Waals surface area contributed by atoms with Crippen molar-refractivity contribution in [3.05, 3.63) is 224 Å². The number of thiophene rings is 1. The van der Waals surface area contributed by atoms with E-state index in [9.17, 15) is 0 Å². The lowest BCUT2D eigenvalue weighted by molar-refractivity contribution is 1.30. The molecule has 60 heavy (non-hydrogen) atoms. The Labute approximate surface area is 352 Å². The van der Waals surface area contributed by atoms with Gasteiger partial charge in [-0.3, -0.25) is 0 Å². The van der Waals surface area contributed by atoms with Crippen molar-refractivity contribution in [2.75, 3.05) is 4.90 Å². The summed E-state index contributed by atoms with van der Waals surface area (Å²) in [5.74, 6) is 0. The fourth-order valence-electron chi connectivity index (χ4n) is 9.31. The quantitative estimate of drug-likeness (QED) is 0.152. The Hall–Kier alpha value is -7.52. The fourth-order valence-corrected chi connectivity index (χ4v) is 10.4. The molecule has 0 amide bonds. The lowest BCUT2D eigenvalue weighted by Crippen LogP contribution is -2.12. The molecular weight excluding hydrogens is 743 g/mol. The van der Waals surface area contributed by atoms with Gasteiger partial charge in [0, 0.05) is 36.8 Å². The number of hydrogen-bond donors (Lipinski definition) is 0. The van der Waals surface area contributed by atoms with Crippen molar-refractivity contribution in [1.82, 2.24) is 0 Å². The maximum Gasteiger partial charge on any atom is 0.0546 e. The van der Waals surface area contributed by atoms with E-state index < -0.39 is 0 Å². The van der Waals surface area contributed by atoms with Gasteiger partial charge in [0.25, 0.3) is 0 Å². The molecule has 0 atom stereocenters. The van der Waals surface area contributed by atoms with Crippen LogP contribution >= 0.6 is 11.3 Å². The Morgan fingerprint density at radius 2 is 0.850 bits per heavy atom. The van der Waals surface area contributed by atoms with Crippen LogP contribution in [-0.4, -0.2) is 0 Å². The van der Waals surface area contributed by atoms with Gasteiger partial charge in [0.2, 0.25) is 0 Å². The first-order valence-electron chi connectivity index (χ1n) is 20.6. The van der Waals surface area contributed by atoms with Gasteiger partial charge in [-0.1, -0.05) is 170 Å². The van der Waals surface area contributed by atoms with E-state index in [0.717, 1.165) is 17.1 Å². The molecule has 1 aromatic heterocycles. The molecule has 0 bridgehead atoms. The molecule has 0 spiro atoms. The second-order valence-corrected chi connectivity index (χ2v) is 16.8. The molecule has 0 aliphatic rings. The normalized spacial score (nSPS) is 11.7. The summed E-state index contributed by atoms with van der Waals surface area (Å²) in [6.45, 7) is 0. The van der Waals surface area contributed by atoms with Crippen LogP contribution in [0.1, 0.15) is 0 Å². The topological polar surface area (TPSA) is 3.24 Å². The zero-order valence-electron chi connectivity index (χ0n) is 32.7. The van der Waals surface area contributed by atoms with Gasteiger partial charge in [0.1, 0.15) is 0 Å². The molecule has 12 aromatic rings. The highest BCUT2D eigenvalue weighted by molar-refractivity contribution is 7.25.